The molecule has 1 fully saturated rings. The lowest BCUT2D eigenvalue weighted by Crippen LogP contribution is -2.41. The van der Waals surface area contributed by atoms with Crippen LogP contribution >= 0.6 is 11.6 Å². The smallest absolute Gasteiger partial charge is 0.255 e. The number of aryl methyl sites for hydroxylation is 2. The van der Waals surface area contributed by atoms with E-state index in [0.29, 0.717) is 36.5 Å². The highest BCUT2D eigenvalue weighted by Crippen LogP contribution is 2.25. The number of likely N-dealkylation sites (tertiary alicyclic amines) is 1. The van der Waals surface area contributed by atoms with Crippen LogP contribution in [0.15, 0.2) is 42.5 Å². The monoisotopic (exact) mass is 370 g/mol. The van der Waals surface area contributed by atoms with Gasteiger partial charge in [-0.2, -0.15) is 0 Å². The Kier molecular flexibility index (Phi) is 5.62. The summed E-state index contributed by atoms with van der Waals surface area (Å²) in [5.41, 5.74) is 3.54. The first-order valence-electron chi connectivity index (χ1n) is 8.88. The SMILES string of the molecule is Cc1cccc(C)c1NC(=O)C1CCN(C(=O)c2ccccc2Cl)CC1. The highest BCUT2D eigenvalue weighted by Gasteiger charge is 2.28. The highest BCUT2D eigenvalue weighted by atomic mass is 35.5. The summed E-state index contributed by atoms with van der Waals surface area (Å²) in [5.74, 6) is -0.110. The normalized spacial score (nSPS) is 15.0. The van der Waals surface area contributed by atoms with Gasteiger partial charge in [0.2, 0.25) is 5.91 Å². The fraction of sp³-hybridized carbons (Fsp3) is 0.333. The van der Waals surface area contributed by atoms with Gasteiger partial charge in [0.25, 0.3) is 5.91 Å². The minimum atomic E-state index is -0.0794. The van der Waals surface area contributed by atoms with Crippen molar-refractivity contribution < 1.29 is 9.59 Å². The molecule has 0 atom stereocenters. The van der Waals surface area contributed by atoms with E-state index < -0.39 is 0 Å². The quantitative estimate of drug-likeness (QED) is 0.867. The lowest BCUT2D eigenvalue weighted by molar-refractivity contribution is -0.121. The van der Waals surface area contributed by atoms with Gasteiger partial charge >= 0.3 is 0 Å². The third-order valence-corrected chi connectivity index (χ3v) is 5.32. The van der Waals surface area contributed by atoms with E-state index >= 15 is 0 Å². The molecule has 0 aromatic heterocycles. The predicted molar refractivity (Wildman–Crippen MR) is 105 cm³/mol. The number of carbonyl (C=O) groups excluding carboxylic acids is 2. The van der Waals surface area contributed by atoms with Crippen molar-refractivity contribution in [3.63, 3.8) is 0 Å². The van der Waals surface area contributed by atoms with Crippen LogP contribution in [0.3, 0.4) is 0 Å². The van der Waals surface area contributed by atoms with Crippen molar-refractivity contribution in [2.75, 3.05) is 18.4 Å². The van der Waals surface area contributed by atoms with Crippen molar-refractivity contribution >= 4 is 29.1 Å². The lowest BCUT2D eigenvalue weighted by atomic mass is 9.95. The molecule has 2 amide bonds. The van der Waals surface area contributed by atoms with Crippen molar-refractivity contribution in [1.82, 2.24) is 4.90 Å². The van der Waals surface area contributed by atoms with Crippen molar-refractivity contribution in [3.05, 3.63) is 64.2 Å². The van der Waals surface area contributed by atoms with E-state index in [-0.39, 0.29) is 17.7 Å². The third kappa shape index (κ3) is 3.91. The van der Waals surface area contributed by atoms with Crippen LogP contribution in [0.5, 0.6) is 0 Å². The second-order valence-electron chi connectivity index (χ2n) is 6.80. The first-order chi connectivity index (χ1) is 12.5. The molecule has 0 spiro atoms. The molecule has 1 aliphatic heterocycles. The van der Waals surface area contributed by atoms with Crippen molar-refractivity contribution in [3.8, 4) is 0 Å². The van der Waals surface area contributed by atoms with Crippen LogP contribution in [0.1, 0.15) is 34.3 Å². The Balaban J connectivity index is 1.61. The molecule has 1 heterocycles. The number of rotatable bonds is 3. The summed E-state index contributed by atoms with van der Waals surface area (Å²) >= 11 is 6.13. The zero-order valence-electron chi connectivity index (χ0n) is 15.1. The Hall–Kier alpha value is -2.33. The predicted octanol–water partition coefficient (Wildman–Crippen LogP) is 4.45. The van der Waals surface area contributed by atoms with E-state index in [1.54, 1.807) is 17.0 Å². The maximum Gasteiger partial charge on any atom is 0.255 e. The number of hydrogen-bond acceptors (Lipinski definition) is 2. The number of hydrogen-bond donors (Lipinski definition) is 1. The van der Waals surface area contributed by atoms with Gasteiger partial charge in [-0.05, 0) is 49.9 Å². The fourth-order valence-corrected chi connectivity index (χ4v) is 3.60. The first kappa shape index (κ1) is 18.5. The number of piperidine rings is 1. The van der Waals surface area contributed by atoms with Crippen molar-refractivity contribution in [1.29, 1.82) is 0 Å². The zero-order chi connectivity index (χ0) is 18.7. The van der Waals surface area contributed by atoms with E-state index in [2.05, 4.69) is 5.32 Å². The van der Waals surface area contributed by atoms with Gasteiger partial charge in [-0.25, -0.2) is 0 Å². The average molecular weight is 371 g/mol. The van der Waals surface area contributed by atoms with Crippen LogP contribution in [0.4, 0.5) is 5.69 Å². The van der Waals surface area contributed by atoms with E-state index in [0.717, 1.165) is 16.8 Å². The molecule has 4 nitrogen and oxygen atoms in total. The van der Waals surface area contributed by atoms with Crippen LogP contribution in [0, 0.1) is 19.8 Å². The van der Waals surface area contributed by atoms with Crippen LogP contribution in [0.25, 0.3) is 0 Å². The third-order valence-electron chi connectivity index (χ3n) is 4.99. The molecule has 2 aromatic carbocycles. The number of amides is 2. The van der Waals surface area contributed by atoms with Gasteiger partial charge in [-0.15, -0.1) is 0 Å². The van der Waals surface area contributed by atoms with E-state index in [1.165, 1.54) is 0 Å². The number of nitrogens with zero attached hydrogens (tertiary/aromatic N) is 1. The molecule has 0 saturated carbocycles. The summed E-state index contributed by atoms with van der Waals surface area (Å²) in [5, 5.41) is 3.53. The minimum absolute atomic E-state index is 0.0345. The van der Waals surface area contributed by atoms with Crippen LogP contribution in [0.2, 0.25) is 5.02 Å². The molecule has 3 rings (SSSR count). The second kappa shape index (κ2) is 7.92. The Morgan fingerprint density at radius 2 is 1.62 bits per heavy atom. The maximum absolute atomic E-state index is 12.6. The Morgan fingerprint density at radius 3 is 2.23 bits per heavy atom. The fourth-order valence-electron chi connectivity index (χ4n) is 3.39. The molecule has 1 N–H and O–H groups in total. The van der Waals surface area contributed by atoms with Crippen LogP contribution in [-0.4, -0.2) is 29.8 Å². The van der Waals surface area contributed by atoms with Crippen LogP contribution in [-0.2, 0) is 4.79 Å². The van der Waals surface area contributed by atoms with Crippen molar-refractivity contribution in [2.45, 2.75) is 26.7 Å². The van der Waals surface area contributed by atoms with Gasteiger partial charge in [0, 0.05) is 24.7 Å². The summed E-state index contributed by atoms with van der Waals surface area (Å²) in [6, 6.07) is 13.1. The average Bonchev–Trinajstić information content (AvgIpc) is 2.65. The van der Waals surface area contributed by atoms with E-state index in [9.17, 15) is 9.59 Å². The molecule has 26 heavy (non-hydrogen) atoms. The van der Waals surface area contributed by atoms with Gasteiger partial charge in [0.15, 0.2) is 0 Å². The number of carbonyl (C=O) groups is 2. The molecule has 136 valence electrons. The second-order valence-corrected chi connectivity index (χ2v) is 7.21. The van der Waals surface area contributed by atoms with Gasteiger partial charge in [-0.1, -0.05) is 41.9 Å². The van der Waals surface area contributed by atoms with Gasteiger partial charge < -0.3 is 10.2 Å². The van der Waals surface area contributed by atoms with E-state index in [4.69, 9.17) is 11.6 Å². The number of nitrogens with one attached hydrogen (secondary N) is 1. The molecule has 0 aliphatic carbocycles. The van der Waals surface area contributed by atoms with Gasteiger partial charge in [-0.3, -0.25) is 9.59 Å². The minimum Gasteiger partial charge on any atom is -0.339 e. The Morgan fingerprint density at radius 1 is 1.00 bits per heavy atom. The first-order valence-corrected chi connectivity index (χ1v) is 9.26. The van der Waals surface area contributed by atoms with Gasteiger partial charge in [0.1, 0.15) is 0 Å². The summed E-state index contributed by atoms with van der Waals surface area (Å²) in [4.78, 5) is 27.0. The molecule has 5 heteroatoms. The number of halogens is 1. The zero-order valence-corrected chi connectivity index (χ0v) is 15.8. The number of benzene rings is 2. The Bertz CT molecular complexity index is 806. The molecule has 0 bridgehead atoms. The Labute approximate surface area is 159 Å². The summed E-state index contributed by atoms with van der Waals surface area (Å²) in [7, 11) is 0. The van der Waals surface area contributed by atoms with Crippen LogP contribution < -0.4 is 5.32 Å². The topological polar surface area (TPSA) is 49.4 Å². The molecule has 1 aliphatic rings. The largest absolute Gasteiger partial charge is 0.339 e. The standard InChI is InChI=1S/C21H23ClN2O2/c1-14-6-5-7-15(2)19(14)23-20(25)16-10-12-24(13-11-16)21(26)17-8-3-4-9-18(17)22/h3-9,16H,10-13H2,1-2H3,(H,23,25). The van der Waals surface area contributed by atoms with Gasteiger partial charge in [0.05, 0.1) is 10.6 Å². The number of anilines is 1. The van der Waals surface area contributed by atoms with Crippen molar-refractivity contribution in [2.24, 2.45) is 5.92 Å². The summed E-state index contributed by atoms with van der Waals surface area (Å²) in [6.45, 7) is 5.12. The molecule has 0 unspecified atom stereocenters. The summed E-state index contributed by atoms with van der Waals surface area (Å²) < 4.78 is 0. The molecular weight excluding hydrogens is 348 g/mol. The molecular formula is C21H23ClN2O2. The highest BCUT2D eigenvalue weighted by molar-refractivity contribution is 6.33. The maximum atomic E-state index is 12.6. The van der Waals surface area contributed by atoms with E-state index in [1.807, 2.05) is 44.2 Å². The summed E-state index contributed by atoms with van der Waals surface area (Å²) in [6.07, 6.45) is 1.32. The molecule has 2 aromatic rings. The lowest BCUT2D eigenvalue weighted by Gasteiger charge is -2.31. The number of para-hydroxylation sites is 1. The molecule has 1 saturated heterocycles. The molecule has 0 radical (unpaired) electrons.